The largest absolute Gasteiger partial charge is 0.481 e. The molecule has 20 heavy (non-hydrogen) atoms. The van der Waals surface area contributed by atoms with E-state index in [2.05, 4.69) is 0 Å². The monoisotopic (exact) mass is 298 g/mol. The van der Waals surface area contributed by atoms with Crippen molar-refractivity contribution in [1.29, 1.82) is 0 Å². The maximum absolute atomic E-state index is 12.6. The van der Waals surface area contributed by atoms with Gasteiger partial charge in [0, 0.05) is 25.3 Å². The van der Waals surface area contributed by atoms with E-state index in [-0.39, 0.29) is 24.4 Å². The van der Waals surface area contributed by atoms with Crippen LogP contribution in [0.4, 0.5) is 0 Å². The molecule has 1 aromatic heterocycles. The number of hydrogen-bond donors (Lipinski definition) is 1. The molecule has 1 saturated heterocycles. The van der Waals surface area contributed by atoms with Crippen molar-refractivity contribution < 1.29 is 14.7 Å². The van der Waals surface area contributed by atoms with Gasteiger partial charge in [0.2, 0.25) is 0 Å². The fourth-order valence-corrected chi connectivity index (χ4v) is 2.87. The molecule has 1 aliphatic rings. The summed E-state index contributed by atoms with van der Waals surface area (Å²) in [5.41, 5.74) is 0.517. The van der Waals surface area contributed by atoms with Gasteiger partial charge in [-0.1, -0.05) is 18.5 Å². The van der Waals surface area contributed by atoms with E-state index >= 15 is 0 Å². The summed E-state index contributed by atoms with van der Waals surface area (Å²) in [6.45, 7) is 6.53. The minimum atomic E-state index is -0.843. The molecule has 110 valence electrons. The van der Waals surface area contributed by atoms with Crippen molar-refractivity contribution in [1.82, 2.24) is 9.47 Å². The van der Waals surface area contributed by atoms with E-state index in [1.807, 2.05) is 25.3 Å². The Morgan fingerprint density at radius 1 is 1.40 bits per heavy atom. The highest BCUT2D eigenvalue weighted by atomic mass is 35.5. The lowest BCUT2D eigenvalue weighted by Crippen LogP contribution is -2.31. The number of hydrogen-bond acceptors (Lipinski definition) is 2. The average Bonchev–Trinajstić information content (AvgIpc) is 2.91. The first-order chi connectivity index (χ1) is 9.31. The summed E-state index contributed by atoms with van der Waals surface area (Å²) in [4.78, 5) is 25.3. The van der Waals surface area contributed by atoms with Crippen LogP contribution in [0.25, 0.3) is 0 Å². The lowest BCUT2D eigenvalue weighted by molar-refractivity contribution is -0.142. The first-order valence-corrected chi connectivity index (χ1v) is 7.08. The van der Waals surface area contributed by atoms with E-state index in [0.29, 0.717) is 17.3 Å². The Balaban J connectivity index is 2.23. The van der Waals surface area contributed by atoms with Crippen molar-refractivity contribution in [2.75, 3.05) is 13.1 Å². The van der Waals surface area contributed by atoms with E-state index in [1.54, 1.807) is 17.2 Å². The normalized spacial score (nSPS) is 22.6. The number of carboxylic acids is 1. The molecule has 5 nitrogen and oxygen atoms in total. The van der Waals surface area contributed by atoms with Crippen LogP contribution >= 0.6 is 11.6 Å². The van der Waals surface area contributed by atoms with E-state index in [9.17, 15) is 9.59 Å². The lowest BCUT2D eigenvalue weighted by atomic mass is 9.99. The van der Waals surface area contributed by atoms with Crippen LogP contribution in [0.1, 0.15) is 37.3 Å². The van der Waals surface area contributed by atoms with Crippen molar-refractivity contribution in [3.8, 4) is 0 Å². The number of carbonyl (C=O) groups is 2. The Bertz CT molecular complexity index is 539. The van der Waals surface area contributed by atoms with Crippen LogP contribution in [0.5, 0.6) is 0 Å². The topological polar surface area (TPSA) is 62.5 Å². The molecule has 0 spiro atoms. The van der Waals surface area contributed by atoms with E-state index in [4.69, 9.17) is 16.7 Å². The van der Waals surface area contributed by atoms with Crippen LogP contribution in [0.15, 0.2) is 12.3 Å². The van der Waals surface area contributed by atoms with Crippen LogP contribution in [0, 0.1) is 11.8 Å². The second-order valence-corrected chi connectivity index (χ2v) is 6.11. The van der Waals surface area contributed by atoms with Crippen LogP contribution in [-0.2, 0) is 4.79 Å². The number of carboxylic acid groups (broad SMARTS) is 1. The highest BCUT2D eigenvalue weighted by molar-refractivity contribution is 6.31. The molecule has 0 aliphatic carbocycles. The number of halogens is 1. The molecule has 1 aliphatic heterocycles. The van der Waals surface area contributed by atoms with Crippen molar-refractivity contribution in [3.05, 3.63) is 23.0 Å². The number of rotatable bonds is 3. The third kappa shape index (κ3) is 2.68. The standard InChI is InChI=1S/C14H19ClN2O3/c1-8(2)17-6-10(15)4-12(17)13(18)16-5-9(3)11(7-16)14(19)20/h4,6,8-9,11H,5,7H2,1-3H3,(H,19,20)/t9-,11-/m1/s1. The van der Waals surface area contributed by atoms with Crippen molar-refractivity contribution in [3.63, 3.8) is 0 Å². The van der Waals surface area contributed by atoms with Gasteiger partial charge in [-0.3, -0.25) is 9.59 Å². The predicted molar refractivity (Wildman–Crippen MR) is 76.0 cm³/mol. The number of likely N-dealkylation sites (tertiary alicyclic amines) is 1. The Kier molecular flexibility index (Phi) is 4.09. The fourth-order valence-electron chi connectivity index (χ4n) is 2.66. The van der Waals surface area contributed by atoms with Gasteiger partial charge in [-0.25, -0.2) is 0 Å². The highest BCUT2D eigenvalue weighted by Crippen LogP contribution is 2.27. The Morgan fingerprint density at radius 3 is 2.55 bits per heavy atom. The van der Waals surface area contributed by atoms with Crippen LogP contribution in [0.3, 0.4) is 0 Å². The molecular weight excluding hydrogens is 280 g/mol. The average molecular weight is 299 g/mol. The molecule has 0 unspecified atom stereocenters. The smallest absolute Gasteiger partial charge is 0.308 e. The van der Waals surface area contributed by atoms with Gasteiger partial charge in [0.05, 0.1) is 10.9 Å². The molecule has 1 amide bonds. The SMILES string of the molecule is CC(C)n1cc(Cl)cc1C(=O)N1C[C@@H](C)[C@H](C(=O)O)C1. The number of aliphatic carboxylic acids is 1. The molecule has 0 saturated carbocycles. The molecule has 1 N–H and O–H groups in total. The fraction of sp³-hybridized carbons (Fsp3) is 0.571. The molecule has 2 rings (SSSR count). The molecule has 1 fully saturated rings. The van der Waals surface area contributed by atoms with Gasteiger partial charge in [-0.05, 0) is 25.8 Å². The zero-order chi connectivity index (χ0) is 15.0. The van der Waals surface area contributed by atoms with E-state index in [1.165, 1.54) is 0 Å². The number of amides is 1. The number of aromatic nitrogens is 1. The van der Waals surface area contributed by atoms with Crippen LogP contribution < -0.4 is 0 Å². The van der Waals surface area contributed by atoms with E-state index in [0.717, 1.165) is 0 Å². The lowest BCUT2D eigenvalue weighted by Gasteiger charge is -2.19. The maximum atomic E-state index is 12.6. The first-order valence-electron chi connectivity index (χ1n) is 6.70. The number of nitrogens with zero attached hydrogens (tertiary/aromatic N) is 2. The quantitative estimate of drug-likeness (QED) is 0.932. The minimum absolute atomic E-state index is 0.0330. The summed E-state index contributed by atoms with van der Waals surface area (Å²) in [5, 5.41) is 9.65. The zero-order valence-electron chi connectivity index (χ0n) is 11.8. The van der Waals surface area contributed by atoms with Gasteiger partial charge < -0.3 is 14.6 Å². The third-order valence-corrected chi connectivity index (χ3v) is 4.01. The first kappa shape index (κ1) is 14.9. The van der Waals surface area contributed by atoms with Gasteiger partial charge in [-0.15, -0.1) is 0 Å². The zero-order valence-corrected chi connectivity index (χ0v) is 12.6. The van der Waals surface area contributed by atoms with Crippen LogP contribution in [0.2, 0.25) is 5.02 Å². The molecule has 0 radical (unpaired) electrons. The van der Waals surface area contributed by atoms with Gasteiger partial charge in [0.25, 0.3) is 5.91 Å². The summed E-state index contributed by atoms with van der Waals surface area (Å²) in [6, 6.07) is 1.76. The maximum Gasteiger partial charge on any atom is 0.308 e. The summed E-state index contributed by atoms with van der Waals surface area (Å²) >= 11 is 5.98. The Hall–Kier alpha value is -1.49. The molecule has 2 atom stereocenters. The molecule has 0 bridgehead atoms. The predicted octanol–water partition coefficient (Wildman–Crippen LogP) is 2.52. The van der Waals surface area contributed by atoms with Gasteiger partial charge in [-0.2, -0.15) is 0 Å². The van der Waals surface area contributed by atoms with Crippen molar-refractivity contribution >= 4 is 23.5 Å². The summed E-state index contributed by atoms with van der Waals surface area (Å²) in [6.07, 6.45) is 1.73. The highest BCUT2D eigenvalue weighted by Gasteiger charge is 2.38. The third-order valence-electron chi connectivity index (χ3n) is 3.81. The van der Waals surface area contributed by atoms with Gasteiger partial charge >= 0.3 is 5.97 Å². The second kappa shape index (κ2) is 5.48. The van der Waals surface area contributed by atoms with E-state index < -0.39 is 11.9 Å². The molecule has 1 aromatic rings. The number of carbonyl (C=O) groups excluding carboxylic acids is 1. The summed E-state index contributed by atoms with van der Waals surface area (Å²) in [5.74, 6) is -1.52. The molecule has 6 heteroatoms. The molecule has 2 heterocycles. The second-order valence-electron chi connectivity index (χ2n) is 5.68. The molecular formula is C14H19ClN2O3. The van der Waals surface area contributed by atoms with Gasteiger partial charge in [0.1, 0.15) is 5.69 Å². The molecule has 0 aromatic carbocycles. The minimum Gasteiger partial charge on any atom is -0.481 e. The van der Waals surface area contributed by atoms with Crippen LogP contribution in [-0.4, -0.2) is 39.5 Å². The Labute approximate surface area is 123 Å². The summed E-state index contributed by atoms with van der Waals surface area (Å²) < 4.78 is 1.82. The summed E-state index contributed by atoms with van der Waals surface area (Å²) in [7, 11) is 0. The van der Waals surface area contributed by atoms with Gasteiger partial charge in [0.15, 0.2) is 0 Å². The Morgan fingerprint density at radius 2 is 2.05 bits per heavy atom. The van der Waals surface area contributed by atoms with Crippen molar-refractivity contribution in [2.45, 2.75) is 26.8 Å². The van der Waals surface area contributed by atoms with Crippen molar-refractivity contribution in [2.24, 2.45) is 11.8 Å².